The van der Waals surface area contributed by atoms with Gasteiger partial charge in [-0.2, -0.15) is 0 Å². The van der Waals surface area contributed by atoms with E-state index in [1.165, 1.54) is 0 Å². The summed E-state index contributed by atoms with van der Waals surface area (Å²) in [6.07, 6.45) is 4.93. The molecule has 1 rings (SSSR count). The van der Waals surface area contributed by atoms with E-state index in [1.54, 1.807) is 0 Å². The van der Waals surface area contributed by atoms with Gasteiger partial charge in [0, 0.05) is 6.54 Å². The van der Waals surface area contributed by atoms with Crippen molar-refractivity contribution in [1.29, 1.82) is 0 Å². The van der Waals surface area contributed by atoms with Crippen LogP contribution in [0.25, 0.3) is 0 Å². The fourth-order valence-corrected chi connectivity index (χ4v) is 1.32. The summed E-state index contributed by atoms with van der Waals surface area (Å²) in [6, 6.07) is 0.185. The molecule has 0 aromatic heterocycles. The van der Waals surface area contributed by atoms with Crippen molar-refractivity contribution in [3.8, 4) is 0 Å². The molecule has 0 saturated heterocycles. The Labute approximate surface area is 68.3 Å². The lowest BCUT2D eigenvalue weighted by molar-refractivity contribution is 0.0935. The van der Waals surface area contributed by atoms with Gasteiger partial charge in [-0.3, -0.25) is 0 Å². The SMILES string of the molecule is CCC(C)C(O)C1C=CCN1. The number of aliphatic hydroxyl groups is 1. The third kappa shape index (κ3) is 2.04. The zero-order chi connectivity index (χ0) is 8.27. The van der Waals surface area contributed by atoms with Crippen molar-refractivity contribution in [3.05, 3.63) is 12.2 Å². The van der Waals surface area contributed by atoms with Crippen molar-refractivity contribution in [2.24, 2.45) is 5.92 Å². The minimum absolute atomic E-state index is 0.185. The number of aliphatic hydroxyl groups excluding tert-OH is 1. The van der Waals surface area contributed by atoms with E-state index in [1.807, 2.05) is 0 Å². The maximum atomic E-state index is 9.70. The van der Waals surface area contributed by atoms with E-state index >= 15 is 0 Å². The zero-order valence-electron chi connectivity index (χ0n) is 7.25. The van der Waals surface area contributed by atoms with Gasteiger partial charge in [0.1, 0.15) is 0 Å². The van der Waals surface area contributed by atoms with Gasteiger partial charge in [0.05, 0.1) is 12.1 Å². The summed E-state index contributed by atoms with van der Waals surface area (Å²) in [5.74, 6) is 0.384. The summed E-state index contributed by atoms with van der Waals surface area (Å²) >= 11 is 0. The molecule has 1 aliphatic rings. The van der Waals surface area contributed by atoms with Crippen molar-refractivity contribution in [2.45, 2.75) is 32.4 Å². The highest BCUT2D eigenvalue weighted by Crippen LogP contribution is 2.13. The first-order valence-corrected chi connectivity index (χ1v) is 4.33. The molecule has 0 bridgehead atoms. The summed E-state index contributed by atoms with van der Waals surface area (Å²) in [5.41, 5.74) is 0. The molecule has 0 spiro atoms. The first-order valence-electron chi connectivity index (χ1n) is 4.33. The summed E-state index contributed by atoms with van der Waals surface area (Å²) in [6.45, 7) is 5.09. The minimum Gasteiger partial charge on any atom is -0.391 e. The molecule has 1 heterocycles. The summed E-state index contributed by atoms with van der Waals surface area (Å²) < 4.78 is 0. The summed E-state index contributed by atoms with van der Waals surface area (Å²) in [7, 11) is 0. The van der Waals surface area contributed by atoms with E-state index in [9.17, 15) is 5.11 Å². The van der Waals surface area contributed by atoms with Crippen LogP contribution in [0.4, 0.5) is 0 Å². The van der Waals surface area contributed by atoms with Crippen molar-refractivity contribution in [3.63, 3.8) is 0 Å². The van der Waals surface area contributed by atoms with Gasteiger partial charge >= 0.3 is 0 Å². The fourth-order valence-electron chi connectivity index (χ4n) is 1.32. The Balaban J connectivity index is 2.39. The normalized spacial score (nSPS) is 28.8. The Kier molecular flexibility index (Phi) is 3.09. The third-order valence-corrected chi connectivity index (χ3v) is 2.41. The standard InChI is InChI=1S/C9H17NO/c1-3-7(2)9(11)8-5-4-6-10-8/h4-5,7-11H,3,6H2,1-2H3. The largest absolute Gasteiger partial charge is 0.391 e. The van der Waals surface area contributed by atoms with Crippen LogP contribution in [0, 0.1) is 5.92 Å². The van der Waals surface area contributed by atoms with E-state index in [2.05, 4.69) is 31.3 Å². The Bertz CT molecular complexity index is 144. The molecule has 0 aromatic carbocycles. The van der Waals surface area contributed by atoms with Crippen LogP contribution < -0.4 is 5.32 Å². The zero-order valence-corrected chi connectivity index (χ0v) is 7.25. The molecule has 1 aliphatic heterocycles. The summed E-state index contributed by atoms with van der Waals surface area (Å²) in [4.78, 5) is 0. The first kappa shape index (κ1) is 8.75. The van der Waals surface area contributed by atoms with Gasteiger partial charge in [0.25, 0.3) is 0 Å². The highest BCUT2D eigenvalue weighted by molar-refractivity contribution is 5.05. The molecule has 0 aliphatic carbocycles. The van der Waals surface area contributed by atoms with Crippen LogP contribution in [0.1, 0.15) is 20.3 Å². The molecule has 0 radical (unpaired) electrons. The third-order valence-electron chi connectivity index (χ3n) is 2.41. The van der Waals surface area contributed by atoms with Crippen LogP contribution in [-0.2, 0) is 0 Å². The lowest BCUT2D eigenvalue weighted by Gasteiger charge is -2.22. The molecule has 0 aromatic rings. The van der Waals surface area contributed by atoms with E-state index < -0.39 is 0 Å². The Morgan fingerprint density at radius 3 is 2.91 bits per heavy atom. The highest BCUT2D eigenvalue weighted by atomic mass is 16.3. The van der Waals surface area contributed by atoms with Crippen LogP contribution in [0.3, 0.4) is 0 Å². The monoisotopic (exact) mass is 155 g/mol. The first-order chi connectivity index (χ1) is 5.25. The second-order valence-electron chi connectivity index (χ2n) is 3.24. The maximum Gasteiger partial charge on any atom is 0.0754 e. The lowest BCUT2D eigenvalue weighted by Crippen LogP contribution is -2.38. The molecule has 2 heteroatoms. The lowest BCUT2D eigenvalue weighted by atomic mass is 9.96. The minimum atomic E-state index is -0.223. The van der Waals surface area contributed by atoms with Crippen molar-refractivity contribution in [1.82, 2.24) is 5.32 Å². The molecule has 3 atom stereocenters. The number of rotatable bonds is 3. The average molecular weight is 155 g/mol. The van der Waals surface area contributed by atoms with Crippen LogP contribution in [0.15, 0.2) is 12.2 Å². The van der Waals surface area contributed by atoms with Gasteiger partial charge in [0.2, 0.25) is 0 Å². The van der Waals surface area contributed by atoms with Crippen LogP contribution in [-0.4, -0.2) is 23.8 Å². The Morgan fingerprint density at radius 1 is 1.73 bits per heavy atom. The van der Waals surface area contributed by atoms with E-state index in [0.717, 1.165) is 13.0 Å². The molecule has 3 unspecified atom stereocenters. The van der Waals surface area contributed by atoms with E-state index in [4.69, 9.17) is 0 Å². The number of nitrogens with one attached hydrogen (secondary N) is 1. The fraction of sp³-hybridized carbons (Fsp3) is 0.778. The predicted octanol–water partition coefficient (Wildman–Crippen LogP) is 0.921. The van der Waals surface area contributed by atoms with Gasteiger partial charge in [-0.05, 0) is 5.92 Å². The molecular weight excluding hydrogens is 138 g/mol. The van der Waals surface area contributed by atoms with E-state index in [-0.39, 0.29) is 12.1 Å². The summed E-state index contributed by atoms with van der Waals surface area (Å²) in [5, 5.41) is 12.9. The number of hydrogen-bond donors (Lipinski definition) is 2. The van der Waals surface area contributed by atoms with Crippen molar-refractivity contribution in [2.75, 3.05) is 6.54 Å². The Hall–Kier alpha value is -0.340. The van der Waals surface area contributed by atoms with Gasteiger partial charge in [0.15, 0.2) is 0 Å². The molecule has 0 fully saturated rings. The molecular formula is C9H17NO. The van der Waals surface area contributed by atoms with E-state index in [0.29, 0.717) is 5.92 Å². The van der Waals surface area contributed by atoms with Gasteiger partial charge in [-0.25, -0.2) is 0 Å². The molecule has 2 N–H and O–H groups in total. The quantitative estimate of drug-likeness (QED) is 0.594. The second-order valence-corrected chi connectivity index (χ2v) is 3.24. The molecule has 0 saturated carbocycles. The molecule has 2 nitrogen and oxygen atoms in total. The highest BCUT2D eigenvalue weighted by Gasteiger charge is 2.22. The molecule has 11 heavy (non-hydrogen) atoms. The smallest absolute Gasteiger partial charge is 0.0754 e. The second kappa shape index (κ2) is 3.88. The number of hydrogen-bond acceptors (Lipinski definition) is 2. The maximum absolute atomic E-state index is 9.70. The molecule has 64 valence electrons. The van der Waals surface area contributed by atoms with Gasteiger partial charge in [-0.1, -0.05) is 32.4 Å². The van der Waals surface area contributed by atoms with Crippen molar-refractivity contribution >= 4 is 0 Å². The van der Waals surface area contributed by atoms with Gasteiger partial charge < -0.3 is 10.4 Å². The van der Waals surface area contributed by atoms with Crippen LogP contribution >= 0.6 is 0 Å². The van der Waals surface area contributed by atoms with Crippen LogP contribution in [0.5, 0.6) is 0 Å². The van der Waals surface area contributed by atoms with Crippen LogP contribution in [0.2, 0.25) is 0 Å². The average Bonchev–Trinajstić information content (AvgIpc) is 2.53. The predicted molar refractivity (Wildman–Crippen MR) is 46.4 cm³/mol. The molecule has 0 amide bonds. The topological polar surface area (TPSA) is 32.3 Å². The van der Waals surface area contributed by atoms with Crippen molar-refractivity contribution < 1.29 is 5.11 Å². The van der Waals surface area contributed by atoms with Gasteiger partial charge in [-0.15, -0.1) is 0 Å². The Morgan fingerprint density at radius 2 is 2.45 bits per heavy atom.